The van der Waals surface area contributed by atoms with Gasteiger partial charge in [0.2, 0.25) is 0 Å². The second kappa shape index (κ2) is 6.38. The molecule has 4 heteroatoms. The van der Waals surface area contributed by atoms with Gasteiger partial charge in [0.1, 0.15) is 11.6 Å². The van der Waals surface area contributed by atoms with Crippen molar-refractivity contribution in [2.45, 2.75) is 32.7 Å². The van der Waals surface area contributed by atoms with E-state index in [2.05, 4.69) is 16.9 Å². The average molecular weight is 259 g/mol. The van der Waals surface area contributed by atoms with Gasteiger partial charge in [0.25, 0.3) is 0 Å². The Kier molecular flexibility index (Phi) is 4.58. The molecule has 0 aliphatic heterocycles. The van der Waals surface area contributed by atoms with Crippen molar-refractivity contribution in [3.63, 3.8) is 0 Å². The smallest absolute Gasteiger partial charge is 0.119 e. The summed E-state index contributed by atoms with van der Waals surface area (Å²) < 4.78 is 5.56. The number of ether oxygens (including phenoxy) is 1. The molecule has 0 saturated carbocycles. The number of hydrogen-bond donors (Lipinski definition) is 2. The molecule has 4 nitrogen and oxygen atoms in total. The van der Waals surface area contributed by atoms with Crippen molar-refractivity contribution < 1.29 is 4.74 Å². The monoisotopic (exact) mass is 259 g/mol. The summed E-state index contributed by atoms with van der Waals surface area (Å²) in [6.07, 6.45) is 3.63. The Hall–Kier alpha value is -1.81. The molecule has 0 amide bonds. The van der Waals surface area contributed by atoms with Crippen LogP contribution in [-0.4, -0.2) is 22.6 Å². The zero-order valence-electron chi connectivity index (χ0n) is 11.5. The van der Waals surface area contributed by atoms with E-state index >= 15 is 0 Å². The number of aromatic nitrogens is 2. The van der Waals surface area contributed by atoms with Crippen LogP contribution in [0.15, 0.2) is 30.5 Å². The first-order valence-electron chi connectivity index (χ1n) is 6.71. The molecule has 2 rings (SSSR count). The molecule has 19 heavy (non-hydrogen) atoms. The maximum atomic E-state index is 5.76. The van der Waals surface area contributed by atoms with Crippen molar-refractivity contribution in [2.75, 3.05) is 6.61 Å². The van der Waals surface area contributed by atoms with Gasteiger partial charge >= 0.3 is 0 Å². The van der Waals surface area contributed by atoms with Crippen LogP contribution in [0, 0.1) is 0 Å². The molecule has 0 saturated heterocycles. The van der Waals surface area contributed by atoms with Crippen molar-refractivity contribution in [1.29, 1.82) is 0 Å². The highest BCUT2D eigenvalue weighted by molar-refractivity contribution is 5.59. The topological polar surface area (TPSA) is 63.9 Å². The highest BCUT2D eigenvalue weighted by Crippen LogP contribution is 2.21. The van der Waals surface area contributed by atoms with E-state index in [9.17, 15) is 0 Å². The SMILES string of the molecule is CCCOc1ccc(-c2cnc(CC(C)N)[nH]2)cc1. The van der Waals surface area contributed by atoms with Crippen molar-refractivity contribution in [3.05, 3.63) is 36.3 Å². The lowest BCUT2D eigenvalue weighted by molar-refractivity contribution is 0.317. The van der Waals surface area contributed by atoms with Crippen LogP contribution in [-0.2, 0) is 6.42 Å². The molecule has 2 aromatic rings. The molecule has 0 fully saturated rings. The standard InChI is InChI=1S/C15H21N3O/c1-3-8-19-13-6-4-12(5-7-13)14-10-17-15(18-14)9-11(2)16/h4-7,10-11H,3,8-9,16H2,1-2H3,(H,17,18). The number of nitrogens with one attached hydrogen (secondary N) is 1. The van der Waals surface area contributed by atoms with Gasteiger partial charge < -0.3 is 15.5 Å². The van der Waals surface area contributed by atoms with Gasteiger partial charge in [-0.2, -0.15) is 0 Å². The molecule has 3 N–H and O–H groups in total. The highest BCUT2D eigenvalue weighted by atomic mass is 16.5. The zero-order valence-corrected chi connectivity index (χ0v) is 11.5. The number of H-pyrrole nitrogens is 1. The Bertz CT molecular complexity index is 502. The summed E-state index contributed by atoms with van der Waals surface area (Å²) in [5.41, 5.74) is 7.88. The fourth-order valence-corrected chi connectivity index (χ4v) is 1.87. The van der Waals surface area contributed by atoms with Crippen LogP contribution in [0.5, 0.6) is 5.75 Å². The summed E-state index contributed by atoms with van der Waals surface area (Å²) in [7, 11) is 0. The summed E-state index contributed by atoms with van der Waals surface area (Å²) >= 11 is 0. The summed E-state index contributed by atoms with van der Waals surface area (Å²) in [6, 6.07) is 8.15. The van der Waals surface area contributed by atoms with Crippen LogP contribution < -0.4 is 10.5 Å². The Labute approximate surface area is 114 Å². The van der Waals surface area contributed by atoms with E-state index in [0.717, 1.165) is 42.3 Å². The molecule has 1 atom stereocenters. The number of nitrogens with zero attached hydrogens (tertiary/aromatic N) is 1. The van der Waals surface area contributed by atoms with Gasteiger partial charge in [-0.3, -0.25) is 0 Å². The molecule has 1 unspecified atom stereocenters. The van der Waals surface area contributed by atoms with Crippen LogP contribution in [0.4, 0.5) is 0 Å². The van der Waals surface area contributed by atoms with E-state index in [1.54, 1.807) is 0 Å². The fraction of sp³-hybridized carbons (Fsp3) is 0.400. The van der Waals surface area contributed by atoms with E-state index in [1.165, 1.54) is 0 Å². The normalized spacial score (nSPS) is 12.4. The van der Waals surface area contributed by atoms with Crippen molar-refractivity contribution in [1.82, 2.24) is 9.97 Å². The minimum atomic E-state index is 0.115. The Morgan fingerprint density at radius 3 is 2.68 bits per heavy atom. The number of benzene rings is 1. The Balaban J connectivity index is 2.07. The largest absolute Gasteiger partial charge is 0.494 e. The van der Waals surface area contributed by atoms with Crippen molar-refractivity contribution >= 4 is 0 Å². The van der Waals surface area contributed by atoms with E-state index in [0.29, 0.717) is 0 Å². The first-order chi connectivity index (χ1) is 9.19. The molecule has 1 aromatic carbocycles. The van der Waals surface area contributed by atoms with Gasteiger partial charge in [-0.25, -0.2) is 4.98 Å². The zero-order chi connectivity index (χ0) is 13.7. The molecule has 0 aliphatic carbocycles. The molecular formula is C15H21N3O. The van der Waals surface area contributed by atoms with Gasteiger partial charge in [0.15, 0.2) is 0 Å². The van der Waals surface area contributed by atoms with Gasteiger partial charge in [0.05, 0.1) is 18.5 Å². The lowest BCUT2D eigenvalue weighted by atomic mass is 10.1. The number of nitrogens with two attached hydrogens (primary N) is 1. The number of imidazole rings is 1. The fourth-order valence-electron chi connectivity index (χ4n) is 1.87. The highest BCUT2D eigenvalue weighted by Gasteiger charge is 2.05. The van der Waals surface area contributed by atoms with Crippen molar-refractivity contribution in [3.8, 4) is 17.0 Å². The van der Waals surface area contributed by atoms with E-state index in [1.807, 2.05) is 37.4 Å². The summed E-state index contributed by atoms with van der Waals surface area (Å²) in [6.45, 7) is 4.82. The lowest BCUT2D eigenvalue weighted by Crippen LogP contribution is -2.18. The third-order valence-corrected chi connectivity index (χ3v) is 2.78. The summed E-state index contributed by atoms with van der Waals surface area (Å²) in [5, 5.41) is 0. The van der Waals surface area contributed by atoms with Crippen LogP contribution in [0.3, 0.4) is 0 Å². The van der Waals surface area contributed by atoms with Gasteiger partial charge in [-0.05, 0) is 43.2 Å². The molecule has 0 radical (unpaired) electrons. The summed E-state index contributed by atoms with van der Waals surface area (Å²) in [5.74, 6) is 1.83. The predicted octanol–water partition coefficient (Wildman–Crippen LogP) is 2.76. The third-order valence-electron chi connectivity index (χ3n) is 2.78. The number of aromatic amines is 1. The number of rotatable bonds is 6. The van der Waals surface area contributed by atoms with Crippen LogP contribution in [0.25, 0.3) is 11.3 Å². The molecule has 0 bridgehead atoms. The molecule has 0 spiro atoms. The lowest BCUT2D eigenvalue weighted by Gasteiger charge is -2.05. The maximum absolute atomic E-state index is 5.76. The third kappa shape index (κ3) is 3.83. The minimum absolute atomic E-state index is 0.115. The second-order valence-electron chi connectivity index (χ2n) is 4.80. The van der Waals surface area contributed by atoms with Gasteiger partial charge in [0, 0.05) is 12.5 Å². The quantitative estimate of drug-likeness (QED) is 0.838. The minimum Gasteiger partial charge on any atom is -0.494 e. The molecule has 0 aliphatic rings. The van der Waals surface area contributed by atoms with E-state index < -0.39 is 0 Å². The Morgan fingerprint density at radius 1 is 1.32 bits per heavy atom. The maximum Gasteiger partial charge on any atom is 0.119 e. The Morgan fingerprint density at radius 2 is 2.05 bits per heavy atom. The van der Waals surface area contributed by atoms with Gasteiger partial charge in [-0.15, -0.1) is 0 Å². The first kappa shape index (κ1) is 13.6. The van der Waals surface area contributed by atoms with Crippen LogP contribution in [0.2, 0.25) is 0 Å². The van der Waals surface area contributed by atoms with Gasteiger partial charge in [-0.1, -0.05) is 6.92 Å². The number of hydrogen-bond acceptors (Lipinski definition) is 3. The average Bonchev–Trinajstić information content (AvgIpc) is 2.84. The molecule has 1 heterocycles. The van der Waals surface area contributed by atoms with Crippen molar-refractivity contribution in [2.24, 2.45) is 5.73 Å². The molecule has 1 aromatic heterocycles. The second-order valence-corrected chi connectivity index (χ2v) is 4.80. The van der Waals surface area contributed by atoms with Crippen LogP contribution in [0.1, 0.15) is 26.1 Å². The van der Waals surface area contributed by atoms with E-state index in [-0.39, 0.29) is 6.04 Å². The molecular weight excluding hydrogens is 238 g/mol. The van der Waals surface area contributed by atoms with E-state index in [4.69, 9.17) is 10.5 Å². The first-order valence-corrected chi connectivity index (χ1v) is 6.71. The molecule has 102 valence electrons. The van der Waals surface area contributed by atoms with Crippen LogP contribution >= 0.6 is 0 Å². The predicted molar refractivity (Wildman–Crippen MR) is 77.2 cm³/mol. The summed E-state index contributed by atoms with van der Waals surface area (Å²) in [4.78, 5) is 7.63.